The summed E-state index contributed by atoms with van der Waals surface area (Å²) in [5, 5.41) is 8.58. The summed E-state index contributed by atoms with van der Waals surface area (Å²) in [6.45, 7) is 2.59. The Morgan fingerprint density at radius 1 is 1.46 bits per heavy atom. The van der Waals surface area contributed by atoms with E-state index in [-0.39, 0.29) is 6.61 Å². The van der Waals surface area contributed by atoms with Crippen LogP contribution >= 0.6 is 11.6 Å². The van der Waals surface area contributed by atoms with Crippen molar-refractivity contribution in [1.82, 2.24) is 0 Å². The van der Waals surface area contributed by atoms with E-state index in [1.165, 1.54) is 5.56 Å². The fraction of sp³-hybridized carbons (Fsp3) is 0.400. The zero-order chi connectivity index (χ0) is 10.1. The Bertz CT molecular complexity index is 226. The standard InChI is InChI=1S/C8H9Cl.C2H7NO/c1-2-7-4-3-5-8(9)6-7;3-1-2-4/h3-6H,2H2,1H3;4H,1-3H2. The molecule has 2 nitrogen and oxygen atoms in total. The van der Waals surface area contributed by atoms with E-state index >= 15 is 0 Å². The Hall–Kier alpha value is -0.570. The molecule has 1 rings (SSSR count). The molecule has 13 heavy (non-hydrogen) atoms. The number of nitrogens with two attached hydrogens (primary N) is 1. The highest BCUT2D eigenvalue weighted by Gasteiger charge is 1.87. The quantitative estimate of drug-likeness (QED) is 0.767. The Labute approximate surface area is 84.3 Å². The summed E-state index contributed by atoms with van der Waals surface area (Å²) in [6.07, 6.45) is 1.06. The van der Waals surface area contributed by atoms with Crippen molar-refractivity contribution in [2.24, 2.45) is 5.73 Å². The fourth-order valence-electron chi connectivity index (χ4n) is 0.757. The monoisotopic (exact) mass is 201 g/mol. The minimum Gasteiger partial charge on any atom is -0.395 e. The van der Waals surface area contributed by atoms with Gasteiger partial charge < -0.3 is 10.8 Å². The van der Waals surface area contributed by atoms with Crippen LogP contribution in [0.1, 0.15) is 12.5 Å². The third-order valence-electron chi connectivity index (χ3n) is 1.43. The van der Waals surface area contributed by atoms with Crippen molar-refractivity contribution in [3.63, 3.8) is 0 Å². The van der Waals surface area contributed by atoms with Crippen molar-refractivity contribution in [1.29, 1.82) is 0 Å². The Kier molecular flexibility index (Phi) is 7.69. The van der Waals surface area contributed by atoms with Gasteiger partial charge in [-0.15, -0.1) is 0 Å². The first-order valence-corrected chi connectivity index (χ1v) is 4.67. The van der Waals surface area contributed by atoms with Crippen LogP contribution < -0.4 is 5.73 Å². The second-order valence-electron chi connectivity index (χ2n) is 2.50. The predicted octanol–water partition coefficient (Wildman–Crippen LogP) is 1.84. The van der Waals surface area contributed by atoms with Gasteiger partial charge in [-0.3, -0.25) is 0 Å². The molecule has 0 saturated carbocycles. The van der Waals surface area contributed by atoms with Gasteiger partial charge in [0.25, 0.3) is 0 Å². The largest absolute Gasteiger partial charge is 0.395 e. The summed E-state index contributed by atoms with van der Waals surface area (Å²) in [7, 11) is 0. The van der Waals surface area contributed by atoms with Crippen LogP contribution in [0.3, 0.4) is 0 Å². The van der Waals surface area contributed by atoms with E-state index in [0.29, 0.717) is 6.54 Å². The molecule has 0 spiro atoms. The number of hydrogen-bond acceptors (Lipinski definition) is 2. The topological polar surface area (TPSA) is 46.2 Å². The molecule has 0 unspecified atom stereocenters. The third-order valence-corrected chi connectivity index (χ3v) is 1.66. The molecule has 74 valence electrons. The number of benzene rings is 1. The lowest BCUT2D eigenvalue weighted by molar-refractivity contribution is 0.306. The van der Waals surface area contributed by atoms with E-state index in [1.54, 1.807) is 0 Å². The average Bonchev–Trinajstić information content (AvgIpc) is 2.18. The molecule has 0 aromatic heterocycles. The molecule has 3 N–H and O–H groups in total. The first-order chi connectivity index (χ1) is 6.24. The van der Waals surface area contributed by atoms with Gasteiger partial charge in [-0.05, 0) is 24.1 Å². The van der Waals surface area contributed by atoms with Gasteiger partial charge >= 0.3 is 0 Å². The van der Waals surface area contributed by atoms with Gasteiger partial charge in [0, 0.05) is 11.6 Å². The zero-order valence-corrected chi connectivity index (χ0v) is 8.59. The van der Waals surface area contributed by atoms with Gasteiger partial charge in [-0.1, -0.05) is 30.7 Å². The van der Waals surface area contributed by atoms with Gasteiger partial charge in [0.1, 0.15) is 0 Å². The van der Waals surface area contributed by atoms with Crippen LogP contribution in [-0.4, -0.2) is 18.3 Å². The molecule has 0 aliphatic carbocycles. The van der Waals surface area contributed by atoms with E-state index in [2.05, 4.69) is 13.0 Å². The SMILES string of the molecule is CCc1cccc(Cl)c1.NCCO. The van der Waals surface area contributed by atoms with Crippen molar-refractivity contribution >= 4 is 11.6 Å². The van der Waals surface area contributed by atoms with Gasteiger partial charge in [-0.2, -0.15) is 0 Å². The van der Waals surface area contributed by atoms with Gasteiger partial charge in [0.05, 0.1) is 6.61 Å². The number of aliphatic hydroxyl groups is 1. The van der Waals surface area contributed by atoms with Crippen LogP contribution in [-0.2, 0) is 6.42 Å². The van der Waals surface area contributed by atoms with Crippen LogP contribution in [0.2, 0.25) is 5.02 Å². The number of aryl methyl sites for hydroxylation is 1. The Morgan fingerprint density at radius 2 is 2.08 bits per heavy atom. The summed E-state index contributed by atoms with van der Waals surface area (Å²) in [4.78, 5) is 0. The number of hydrogen-bond donors (Lipinski definition) is 2. The summed E-state index contributed by atoms with van der Waals surface area (Å²) in [5.74, 6) is 0. The molecular weight excluding hydrogens is 186 g/mol. The maximum atomic E-state index is 7.75. The summed E-state index contributed by atoms with van der Waals surface area (Å²) in [6, 6.07) is 7.93. The lowest BCUT2D eigenvalue weighted by atomic mass is 10.2. The molecule has 0 aliphatic rings. The van der Waals surface area contributed by atoms with Crippen molar-refractivity contribution in [3.05, 3.63) is 34.9 Å². The molecule has 0 fully saturated rings. The molecule has 0 radical (unpaired) electrons. The molecule has 0 aliphatic heterocycles. The zero-order valence-electron chi connectivity index (χ0n) is 7.83. The van der Waals surface area contributed by atoms with E-state index in [9.17, 15) is 0 Å². The van der Waals surface area contributed by atoms with Crippen molar-refractivity contribution in [3.8, 4) is 0 Å². The molecule has 0 atom stereocenters. The number of halogens is 1. The average molecular weight is 202 g/mol. The van der Waals surface area contributed by atoms with Crippen LogP contribution in [0.25, 0.3) is 0 Å². The van der Waals surface area contributed by atoms with Crippen molar-refractivity contribution < 1.29 is 5.11 Å². The smallest absolute Gasteiger partial charge is 0.0553 e. The maximum absolute atomic E-state index is 7.75. The van der Waals surface area contributed by atoms with Gasteiger partial charge in [0.15, 0.2) is 0 Å². The fourth-order valence-corrected chi connectivity index (χ4v) is 0.970. The van der Waals surface area contributed by atoms with E-state index in [1.807, 2.05) is 18.2 Å². The highest BCUT2D eigenvalue weighted by Crippen LogP contribution is 2.10. The molecule has 0 saturated heterocycles. The minimum atomic E-state index is 0.0972. The van der Waals surface area contributed by atoms with Crippen LogP contribution in [0.5, 0.6) is 0 Å². The van der Waals surface area contributed by atoms with Crippen molar-refractivity contribution in [2.45, 2.75) is 13.3 Å². The second-order valence-corrected chi connectivity index (χ2v) is 2.93. The molecule has 1 aromatic rings. The molecule has 3 heteroatoms. The lowest BCUT2D eigenvalue weighted by Gasteiger charge is -1.93. The van der Waals surface area contributed by atoms with Crippen LogP contribution in [0, 0.1) is 0 Å². The molecular formula is C10H16ClNO. The third kappa shape index (κ3) is 6.58. The van der Waals surface area contributed by atoms with Gasteiger partial charge in [-0.25, -0.2) is 0 Å². The first-order valence-electron chi connectivity index (χ1n) is 4.30. The molecule has 1 aromatic carbocycles. The maximum Gasteiger partial charge on any atom is 0.0553 e. The van der Waals surface area contributed by atoms with E-state index in [0.717, 1.165) is 11.4 Å². The summed E-state index contributed by atoms with van der Waals surface area (Å²) >= 11 is 5.72. The van der Waals surface area contributed by atoms with Gasteiger partial charge in [0.2, 0.25) is 0 Å². The van der Waals surface area contributed by atoms with Crippen LogP contribution in [0.15, 0.2) is 24.3 Å². The van der Waals surface area contributed by atoms with Crippen molar-refractivity contribution in [2.75, 3.05) is 13.2 Å². The first kappa shape index (κ1) is 12.4. The van der Waals surface area contributed by atoms with E-state index < -0.39 is 0 Å². The van der Waals surface area contributed by atoms with Crippen LogP contribution in [0.4, 0.5) is 0 Å². The highest BCUT2D eigenvalue weighted by molar-refractivity contribution is 6.30. The predicted molar refractivity (Wildman–Crippen MR) is 57.0 cm³/mol. The Balaban J connectivity index is 0.000000310. The second kappa shape index (κ2) is 8.05. The molecule has 0 heterocycles. The normalized spacial score (nSPS) is 8.92. The minimum absolute atomic E-state index is 0.0972. The summed E-state index contributed by atoms with van der Waals surface area (Å²) in [5.41, 5.74) is 6.07. The Morgan fingerprint density at radius 3 is 2.38 bits per heavy atom. The van der Waals surface area contributed by atoms with E-state index in [4.69, 9.17) is 22.4 Å². The number of aliphatic hydroxyl groups excluding tert-OH is 1. The highest BCUT2D eigenvalue weighted by atomic mass is 35.5. The molecule has 0 amide bonds. The lowest BCUT2D eigenvalue weighted by Crippen LogP contribution is -2.02. The molecule has 0 bridgehead atoms. The number of rotatable bonds is 2. The summed E-state index contributed by atoms with van der Waals surface area (Å²) < 4.78 is 0.